The Morgan fingerprint density at radius 2 is 1.11 bits per heavy atom. The van der Waals surface area contributed by atoms with Crippen molar-refractivity contribution < 1.29 is 29.4 Å². The average Bonchev–Trinajstić information content (AvgIpc) is 3.09. The largest absolute Gasteiger partial charge is 0.395 e. The number of hydrogen-bond acceptors (Lipinski definition) is 8. The Morgan fingerprint density at radius 1 is 0.660 bits per heavy atom. The van der Waals surface area contributed by atoms with Crippen molar-refractivity contribution in [2.75, 3.05) is 44.7 Å². The summed E-state index contributed by atoms with van der Waals surface area (Å²) in [5.74, 6) is -0.880. The number of rotatable bonds is 10. The van der Waals surface area contributed by atoms with Gasteiger partial charge < -0.3 is 21.3 Å². The van der Waals surface area contributed by atoms with Gasteiger partial charge in [0.15, 0.2) is 0 Å². The zero-order valence-corrected chi connectivity index (χ0v) is 27.5. The Hall–Kier alpha value is -4.35. The number of aliphatic hydroxyl groups excluding tert-OH is 2. The first kappa shape index (κ1) is 35.5. The van der Waals surface area contributed by atoms with E-state index >= 15 is 0 Å². The molecule has 0 saturated carbocycles. The summed E-state index contributed by atoms with van der Waals surface area (Å²) in [4.78, 5) is 53.1. The van der Waals surface area contributed by atoms with E-state index < -0.39 is 0 Å². The van der Waals surface area contributed by atoms with Crippen LogP contribution in [-0.2, 0) is 0 Å². The Kier molecular flexibility index (Phi) is 12.4. The predicted molar refractivity (Wildman–Crippen MR) is 185 cm³/mol. The third-order valence-electron chi connectivity index (χ3n) is 7.96. The molecule has 10 nitrogen and oxygen atoms in total. The number of halogens is 1. The van der Waals surface area contributed by atoms with Gasteiger partial charge in [-0.25, -0.2) is 0 Å². The molecule has 2 heterocycles. The molecule has 0 atom stereocenters. The van der Waals surface area contributed by atoms with Crippen LogP contribution in [0.2, 0.25) is 5.02 Å². The lowest BCUT2D eigenvalue weighted by Gasteiger charge is -2.27. The fourth-order valence-electron chi connectivity index (χ4n) is 5.64. The first-order valence-corrected chi connectivity index (χ1v) is 16.3. The first-order chi connectivity index (χ1) is 22.7. The van der Waals surface area contributed by atoms with Crippen LogP contribution in [0.3, 0.4) is 0 Å². The topological polar surface area (TPSA) is 153 Å². The summed E-state index contributed by atoms with van der Waals surface area (Å²) in [6, 6.07) is 17.9. The van der Waals surface area contributed by atoms with Crippen LogP contribution in [0.4, 0.5) is 5.69 Å². The number of amides is 4. The molecule has 4 aromatic carbocycles. The van der Waals surface area contributed by atoms with Crippen molar-refractivity contribution >= 4 is 62.5 Å². The highest BCUT2D eigenvalue weighted by Gasteiger charge is 2.34. The number of unbranched alkanes of at least 4 members (excludes halogenated alkanes) is 2. The summed E-state index contributed by atoms with van der Waals surface area (Å²) in [5.41, 5.74) is 7.87. The molecule has 5 N–H and O–H groups in total. The highest BCUT2D eigenvalue weighted by atomic mass is 35.5. The second kappa shape index (κ2) is 16.5. The van der Waals surface area contributed by atoms with E-state index in [2.05, 4.69) is 5.32 Å². The van der Waals surface area contributed by atoms with Crippen molar-refractivity contribution in [3.8, 4) is 0 Å². The molecule has 2 aliphatic heterocycles. The van der Waals surface area contributed by atoms with Crippen molar-refractivity contribution in [3.05, 3.63) is 87.9 Å². The fraction of sp³-hybridized carbons (Fsp3) is 0.333. The third-order valence-corrected chi connectivity index (χ3v) is 8.29. The monoisotopic (exact) mass is 660 g/mol. The van der Waals surface area contributed by atoms with E-state index in [1.807, 2.05) is 38.1 Å². The quantitative estimate of drug-likeness (QED) is 0.164. The van der Waals surface area contributed by atoms with E-state index in [1.54, 1.807) is 36.4 Å². The fourth-order valence-corrected chi connectivity index (χ4v) is 5.86. The Bertz CT molecular complexity index is 1750. The van der Waals surface area contributed by atoms with Gasteiger partial charge in [0.2, 0.25) is 0 Å². The van der Waals surface area contributed by atoms with Gasteiger partial charge in [0, 0.05) is 80.7 Å². The lowest BCUT2D eigenvalue weighted by atomic mass is 9.93. The molecule has 6 rings (SSSR count). The minimum atomic E-state index is -0.221. The lowest BCUT2D eigenvalue weighted by molar-refractivity contribution is 0.0593. The molecule has 0 bridgehead atoms. The molecular formula is C36H41ClN4O6. The van der Waals surface area contributed by atoms with Gasteiger partial charge in [0.05, 0.1) is 13.2 Å². The summed E-state index contributed by atoms with van der Waals surface area (Å²) in [7, 11) is 0. The van der Waals surface area contributed by atoms with Gasteiger partial charge in [-0.15, -0.1) is 0 Å². The standard InChI is InChI=1S/C18H20N2O3.C16H14ClNO2.C2H7NO/c1-2-3-10-20-17(22)13-6-4-5-12-15(19-9-11-21)8-7-14(16(12)13)18(20)23;1-2-3-9-18-15(19)11-6-4-5-10-13(17)8-7-12(14(10)11)16(18)20;3-1-2-4/h4-8,19,21H,2-3,9-11H2,1H3;4-8H,2-3,9H2,1H3;4H,1-3H2. The zero-order chi connectivity index (χ0) is 34.1. The van der Waals surface area contributed by atoms with Crippen molar-refractivity contribution in [1.82, 2.24) is 9.80 Å². The van der Waals surface area contributed by atoms with Crippen molar-refractivity contribution in [2.24, 2.45) is 5.73 Å². The second-order valence-corrected chi connectivity index (χ2v) is 11.5. The Balaban J connectivity index is 0.000000193. The SMILES string of the molecule is CCCCN1C(=O)c2cccc3c(Cl)ccc(c23)C1=O.CCCCN1C(=O)c2cccc3c(NCCO)ccc(c23)C1=O.NCCO. The second-order valence-electron chi connectivity index (χ2n) is 11.1. The van der Waals surface area contributed by atoms with Crippen LogP contribution in [0.1, 0.15) is 81.0 Å². The summed E-state index contributed by atoms with van der Waals surface area (Å²) >= 11 is 6.16. The Morgan fingerprint density at radius 3 is 1.57 bits per heavy atom. The molecule has 0 aromatic heterocycles. The van der Waals surface area contributed by atoms with E-state index in [1.165, 1.54) is 9.80 Å². The first-order valence-electron chi connectivity index (χ1n) is 15.9. The van der Waals surface area contributed by atoms with Crippen molar-refractivity contribution in [2.45, 2.75) is 39.5 Å². The molecule has 248 valence electrons. The van der Waals surface area contributed by atoms with Gasteiger partial charge in [-0.2, -0.15) is 0 Å². The number of nitrogens with zero attached hydrogens (tertiary/aromatic N) is 2. The van der Waals surface area contributed by atoms with Crippen LogP contribution in [0, 0.1) is 0 Å². The molecule has 4 aromatic rings. The molecule has 0 unspecified atom stereocenters. The van der Waals surface area contributed by atoms with Crippen LogP contribution in [0.15, 0.2) is 60.7 Å². The average molecular weight is 661 g/mol. The molecule has 0 saturated heterocycles. The number of nitrogens with two attached hydrogens (primary N) is 1. The zero-order valence-electron chi connectivity index (χ0n) is 26.7. The number of aliphatic hydroxyl groups is 2. The highest BCUT2D eigenvalue weighted by molar-refractivity contribution is 6.38. The highest BCUT2D eigenvalue weighted by Crippen LogP contribution is 2.35. The summed E-state index contributed by atoms with van der Waals surface area (Å²) < 4.78 is 0. The molecule has 0 spiro atoms. The van der Waals surface area contributed by atoms with Crippen LogP contribution < -0.4 is 11.1 Å². The molecule has 0 fully saturated rings. The molecule has 0 radical (unpaired) electrons. The van der Waals surface area contributed by atoms with E-state index in [-0.39, 0.29) is 36.8 Å². The third kappa shape index (κ3) is 7.31. The normalized spacial score (nSPS) is 13.4. The maximum Gasteiger partial charge on any atom is 0.261 e. The minimum Gasteiger partial charge on any atom is -0.395 e. The van der Waals surface area contributed by atoms with Crippen LogP contribution >= 0.6 is 11.6 Å². The van der Waals surface area contributed by atoms with Crippen molar-refractivity contribution in [1.29, 1.82) is 0 Å². The van der Waals surface area contributed by atoms with E-state index in [4.69, 9.17) is 27.5 Å². The van der Waals surface area contributed by atoms with Gasteiger partial charge in [0.1, 0.15) is 0 Å². The number of carbonyl (C=O) groups excluding carboxylic acids is 4. The Labute approximate surface area is 279 Å². The van der Waals surface area contributed by atoms with Crippen LogP contribution in [0.25, 0.3) is 21.5 Å². The van der Waals surface area contributed by atoms with Crippen LogP contribution in [-0.4, -0.2) is 83.0 Å². The minimum absolute atomic E-state index is 0.0194. The smallest absolute Gasteiger partial charge is 0.261 e. The van der Waals surface area contributed by atoms with Crippen molar-refractivity contribution in [3.63, 3.8) is 0 Å². The summed E-state index contributed by atoms with van der Waals surface area (Å²) in [6.07, 6.45) is 3.49. The van der Waals surface area contributed by atoms with E-state index in [0.717, 1.165) is 42.1 Å². The predicted octanol–water partition coefficient (Wildman–Crippen LogP) is 5.47. The van der Waals surface area contributed by atoms with Gasteiger partial charge in [-0.05, 0) is 49.2 Å². The van der Waals surface area contributed by atoms with E-state index in [0.29, 0.717) is 64.2 Å². The lowest BCUT2D eigenvalue weighted by Crippen LogP contribution is -2.40. The molecule has 0 aliphatic carbocycles. The van der Waals surface area contributed by atoms with Gasteiger partial charge in [-0.3, -0.25) is 29.0 Å². The number of benzene rings is 4. The maximum absolute atomic E-state index is 12.7. The number of hydrogen-bond donors (Lipinski definition) is 4. The molecular weight excluding hydrogens is 620 g/mol. The van der Waals surface area contributed by atoms with E-state index in [9.17, 15) is 19.2 Å². The molecule has 4 amide bonds. The molecule has 2 aliphatic rings. The van der Waals surface area contributed by atoms with Gasteiger partial charge >= 0.3 is 0 Å². The van der Waals surface area contributed by atoms with Gasteiger partial charge in [0.25, 0.3) is 23.6 Å². The maximum atomic E-state index is 12.7. The van der Waals surface area contributed by atoms with Gasteiger partial charge in [-0.1, -0.05) is 62.6 Å². The number of nitrogens with one attached hydrogen (secondary N) is 1. The summed E-state index contributed by atoms with van der Waals surface area (Å²) in [6.45, 7) is 5.90. The number of imide groups is 2. The molecule has 47 heavy (non-hydrogen) atoms. The summed E-state index contributed by atoms with van der Waals surface area (Å²) in [5, 5.41) is 23.4. The molecule has 11 heteroatoms. The number of anilines is 1. The number of carbonyl (C=O) groups is 4. The van der Waals surface area contributed by atoms with Crippen LogP contribution in [0.5, 0.6) is 0 Å².